The fourth-order valence-electron chi connectivity index (χ4n) is 2.78. The number of amidine groups is 1. The van der Waals surface area contributed by atoms with Crippen LogP contribution in [0, 0.1) is 5.41 Å². The molecule has 3 rings (SSSR count). The van der Waals surface area contributed by atoms with Crippen LogP contribution in [0.3, 0.4) is 0 Å². The minimum Gasteiger partial charge on any atom is -0.493 e. The Labute approximate surface area is 149 Å². The Kier molecular flexibility index (Phi) is 5.03. The number of hydrazine groups is 1. The number of primary amides is 1. The van der Waals surface area contributed by atoms with Crippen molar-refractivity contribution in [2.45, 2.75) is 6.42 Å². The molecule has 0 fully saturated rings. The molecule has 2 heterocycles. The number of amides is 1. The lowest BCUT2D eigenvalue weighted by atomic mass is 10.1. The number of hydrogen-bond donors (Lipinski definition) is 4. The van der Waals surface area contributed by atoms with Crippen molar-refractivity contribution in [2.75, 3.05) is 26.8 Å². The first-order valence-corrected chi connectivity index (χ1v) is 8.71. The number of benzene rings is 1. The average molecular weight is 360 g/mol. The number of carbonyl (C=O) groups excluding carboxylic acids is 1. The van der Waals surface area contributed by atoms with Gasteiger partial charge in [-0.3, -0.25) is 15.2 Å². The van der Waals surface area contributed by atoms with E-state index in [1.54, 1.807) is 24.2 Å². The first-order chi connectivity index (χ1) is 12.0. The molecule has 0 spiro atoms. The van der Waals surface area contributed by atoms with Crippen LogP contribution in [-0.4, -0.2) is 48.7 Å². The van der Waals surface area contributed by atoms with Crippen LogP contribution < -0.4 is 15.9 Å². The van der Waals surface area contributed by atoms with Crippen molar-refractivity contribution in [3.05, 3.63) is 40.3 Å². The predicted molar refractivity (Wildman–Crippen MR) is 97.2 cm³/mol. The van der Waals surface area contributed by atoms with Gasteiger partial charge in [-0.05, 0) is 29.8 Å². The van der Waals surface area contributed by atoms with Crippen molar-refractivity contribution in [2.24, 2.45) is 5.73 Å². The van der Waals surface area contributed by atoms with E-state index in [0.29, 0.717) is 30.3 Å². The van der Waals surface area contributed by atoms with E-state index in [2.05, 4.69) is 5.43 Å². The molecule has 0 saturated carbocycles. The van der Waals surface area contributed by atoms with Gasteiger partial charge in [-0.25, -0.2) is 5.43 Å². The zero-order chi connectivity index (χ0) is 18.0. The van der Waals surface area contributed by atoms with Gasteiger partial charge in [-0.1, -0.05) is 0 Å². The fourth-order valence-corrected chi connectivity index (χ4v) is 3.98. The molecule has 2 aromatic rings. The second kappa shape index (κ2) is 7.22. The van der Waals surface area contributed by atoms with Crippen LogP contribution in [0.2, 0.25) is 0 Å². The molecule has 25 heavy (non-hydrogen) atoms. The molecule has 132 valence electrons. The molecular weight excluding hydrogens is 340 g/mol. The van der Waals surface area contributed by atoms with Crippen LogP contribution >= 0.6 is 11.3 Å². The summed E-state index contributed by atoms with van der Waals surface area (Å²) in [5, 5.41) is 19.1. The molecule has 5 N–H and O–H groups in total. The maximum Gasteiger partial charge on any atom is 0.248 e. The van der Waals surface area contributed by atoms with Gasteiger partial charge >= 0.3 is 0 Å². The second-order valence-electron chi connectivity index (χ2n) is 5.59. The number of aliphatic hydroxyl groups is 1. The third-order valence-electron chi connectivity index (χ3n) is 4.05. The molecule has 7 nitrogen and oxygen atoms in total. The van der Waals surface area contributed by atoms with Crippen molar-refractivity contribution in [1.29, 1.82) is 5.41 Å². The van der Waals surface area contributed by atoms with Gasteiger partial charge in [0.1, 0.15) is 5.75 Å². The smallest absolute Gasteiger partial charge is 0.248 e. The van der Waals surface area contributed by atoms with Gasteiger partial charge in [-0.2, -0.15) is 0 Å². The zero-order valence-electron chi connectivity index (χ0n) is 13.8. The fraction of sp³-hybridized carbons (Fsp3) is 0.294. The SMILES string of the molecule is CNN(CCO)C(=N)c1cc2c(s1)-c1ccc(C(N)=O)cc1OCC2. The lowest BCUT2D eigenvalue weighted by molar-refractivity contribution is 0.1000. The van der Waals surface area contributed by atoms with E-state index < -0.39 is 5.91 Å². The molecule has 1 aliphatic heterocycles. The number of ether oxygens (including phenoxy) is 1. The van der Waals surface area contributed by atoms with Crippen molar-refractivity contribution in [1.82, 2.24) is 10.4 Å². The van der Waals surface area contributed by atoms with Gasteiger partial charge in [0.15, 0.2) is 5.84 Å². The van der Waals surface area contributed by atoms with Crippen LogP contribution in [0.15, 0.2) is 24.3 Å². The van der Waals surface area contributed by atoms with Crippen LogP contribution in [0.4, 0.5) is 0 Å². The second-order valence-corrected chi connectivity index (χ2v) is 6.64. The van der Waals surface area contributed by atoms with E-state index in [1.807, 2.05) is 12.1 Å². The molecule has 0 aliphatic carbocycles. The first kappa shape index (κ1) is 17.4. The molecular formula is C17H20N4O3S. The van der Waals surface area contributed by atoms with Gasteiger partial charge in [0.2, 0.25) is 5.91 Å². The number of rotatable bonds is 5. The molecule has 0 bridgehead atoms. The maximum atomic E-state index is 11.4. The van der Waals surface area contributed by atoms with E-state index in [9.17, 15) is 4.79 Å². The van der Waals surface area contributed by atoms with Gasteiger partial charge in [-0.15, -0.1) is 11.3 Å². The number of thiophene rings is 1. The normalized spacial score (nSPS) is 12.6. The molecule has 1 aliphatic rings. The molecule has 1 amide bonds. The summed E-state index contributed by atoms with van der Waals surface area (Å²) in [6.07, 6.45) is 0.721. The van der Waals surface area contributed by atoms with Crippen molar-refractivity contribution in [3.63, 3.8) is 0 Å². The summed E-state index contributed by atoms with van der Waals surface area (Å²) in [6, 6.07) is 7.19. The predicted octanol–water partition coefficient (Wildman–Crippen LogP) is 1.20. The summed E-state index contributed by atoms with van der Waals surface area (Å²) < 4.78 is 5.78. The van der Waals surface area contributed by atoms with Crippen LogP contribution in [-0.2, 0) is 6.42 Å². The van der Waals surface area contributed by atoms with Crippen LogP contribution in [0.25, 0.3) is 10.4 Å². The van der Waals surface area contributed by atoms with Crippen LogP contribution in [0.5, 0.6) is 5.75 Å². The highest BCUT2D eigenvalue weighted by molar-refractivity contribution is 7.17. The number of carbonyl (C=O) groups is 1. The van der Waals surface area contributed by atoms with E-state index in [4.69, 9.17) is 21.0 Å². The number of hydrogen-bond acceptors (Lipinski definition) is 6. The Bertz CT molecular complexity index is 818. The van der Waals surface area contributed by atoms with E-state index >= 15 is 0 Å². The Morgan fingerprint density at radius 1 is 1.48 bits per heavy atom. The monoisotopic (exact) mass is 360 g/mol. The molecule has 0 saturated heterocycles. The lowest BCUT2D eigenvalue weighted by Crippen LogP contribution is -2.42. The third kappa shape index (κ3) is 3.37. The highest BCUT2D eigenvalue weighted by atomic mass is 32.1. The lowest BCUT2D eigenvalue weighted by Gasteiger charge is -2.21. The maximum absolute atomic E-state index is 11.4. The van der Waals surface area contributed by atoms with Gasteiger partial charge in [0.05, 0.1) is 24.6 Å². The van der Waals surface area contributed by atoms with Crippen molar-refractivity contribution < 1.29 is 14.6 Å². The summed E-state index contributed by atoms with van der Waals surface area (Å²) in [6.45, 7) is 0.790. The average Bonchev–Trinajstić information content (AvgIpc) is 2.95. The Morgan fingerprint density at radius 3 is 2.96 bits per heavy atom. The topological polar surface area (TPSA) is 112 Å². The van der Waals surface area contributed by atoms with Gasteiger partial charge in [0.25, 0.3) is 0 Å². The number of nitrogens with two attached hydrogens (primary N) is 1. The summed E-state index contributed by atoms with van der Waals surface area (Å²) in [5.41, 5.74) is 10.7. The molecule has 8 heteroatoms. The minimum atomic E-state index is -0.488. The highest BCUT2D eigenvalue weighted by Gasteiger charge is 2.22. The number of nitrogens with zero attached hydrogens (tertiary/aromatic N) is 1. The number of aliphatic hydroxyl groups excluding tert-OH is 1. The summed E-state index contributed by atoms with van der Waals surface area (Å²) in [5.74, 6) is 0.458. The zero-order valence-corrected chi connectivity index (χ0v) is 14.7. The van der Waals surface area contributed by atoms with Gasteiger partial charge in [0, 0.05) is 29.5 Å². The molecule has 0 atom stereocenters. The Morgan fingerprint density at radius 2 is 2.28 bits per heavy atom. The van der Waals surface area contributed by atoms with E-state index in [-0.39, 0.29) is 6.61 Å². The van der Waals surface area contributed by atoms with Gasteiger partial charge < -0.3 is 15.6 Å². The van der Waals surface area contributed by atoms with Crippen molar-refractivity contribution >= 4 is 23.1 Å². The van der Waals surface area contributed by atoms with Crippen molar-refractivity contribution in [3.8, 4) is 16.2 Å². The Balaban J connectivity index is 2.00. The molecule has 0 unspecified atom stereocenters. The minimum absolute atomic E-state index is 0.0408. The molecule has 1 aromatic heterocycles. The Hall–Kier alpha value is -2.42. The molecule has 0 radical (unpaired) electrons. The first-order valence-electron chi connectivity index (χ1n) is 7.89. The highest BCUT2D eigenvalue weighted by Crippen LogP contribution is 2.41. The third-order valence-corrected chi connectivity index (χ3v) is 5.26. The number of fused-ring (bicyclic) bond motifs is 3. The molecule has 1 aromatic carbocycles. The van der Waals surface area contributed by atoms with E-state index in [0.717, 1.165) is 27.3 Å². The summed E-state index contributed by atoms with van der Waals surface area (Å²) >= 11 is 1.50. The van der Waals surface area contributed by atoms with E-state index in [1.165, 1.54) is 11.3 Å². The number of nitrogens with one attached hydrogen (secondary N) is 2. The quantitative estimate of drug-likeness (QED) is 0.364. The largest absolute Gasteiger partial charge is 0.493 e. The van der Waals surface area contributed by atoms with Crippen LogP contribution in [0.1, 0.15) is 20.8 Å². The summed E-state index contributed by atoms with van der Waals surface area (Å²) in [4.78, 5) is 13.2. The standard InChI is InChI=1S/C17H20N4O3S/c1-20-21(5-6-22)16(18)14-9-10-4-7-24-13-8-11(17(19)23)2-3-12(13)15(10)25-14/h2-3,8-9,18,20,22H,4-7H2,1H3,(H2,19,23). The summed E-state index contributed by atoms with van der Waals surface area (Å²) in [7, 11) is 1.72.